The summed E-state index contributed by atoms with van der Waals surface area (Å²) >= 11 is 0. The van der Waals surface area contributed by atoms with Crippen LogP contribution in [0.5, 0.6) is 0 Å². The zero-order valence-electron chi connectivity index (χ0n) is 18.5. The first-order valence-corrected chi connectivity index (χ1v) is 11.5. The summed E-state index contributed by atoms with van der Waals surface area (Å²) in [5.74, 6) is 0.997. The Labute approximate surface area is 196 Å². The third-order valence-electron chi connectivity index (χ3n) is 6.61. The zero-order chi connectivity index (χ0) is 23.2. The Morgan fingerprint density at radius 1 is 1.03 bits per heavy atom. The Morgan fingerprint density at radius 2 is 1.88 bits per heavy atom. The molecule has 3 aromatic rings. The van der Waals surface area contributed by atoms with Gasteiger partial charge in [-0.15, -0.1) is 0 Å². The molecule has 6 rings (SSSR count). The van der Waals surface area contributed by atoms with E-state index >= 15 is 0 Å². The second-order valence-corrected chi connectivity index (χ2v) is 8.78. The molecule has 0 aliphatic carbocycles. The topological polar surface area (TPSA) is 96.3 Å². The lowest BCUT2D eigenvalue weighted by molar-refractivity contribution is -0.136. The van der Waals surface area contributed by atoms with Gasteiger partial charge < -0.3 is 10.2 Å². The summed E-state index contributed by atoms with van der Waals surface area (Å²) < 4.78 is 2.08. The van der Waals surface area contributed by atoms with Crippen molar-refractivity contribution in [2.45, 2.75) is 38.3 Å². The molecule has 1 aromatic heterocycles. The maximum Gasteiger partial charge on any atom is 0.255 e. The molecule has 170 valence electrons. The van der Waals surface area contributed by atoms with Crippen molar-refractivity contribution in [3.05, 3.63) is 71.6 Å². The fraction of sp³-hybridized carbons (Fsp3) is 0.231. The number of aromatic nitrogens is 2. The summed E-state index contributed by atoms with van der Waals surface area (Å²) in [5.41, 5.74) is 4.14. The highest BCUT2D eigenvalue weighted by molar-refractivity contribution is 6.05. The van der Waals surface area contributed by atoms with Crippen molar-refractivity contribution in [2.75, 3.05) is 5.32 Å². The summed E-state index contributed by atoms with van der Waals surface area (Å²) in [4.78, 5) is 43.4. The van der Waals surface area contributed by atoms with Gasteiger partial charge in [0.05, 0.1) is 0 Å². The number of imidazole rings is 1. The van der Waals surface area contributed by atoms with E-state index in [2.05, 4.69) is 21.3 Å². The third kappa shape index (κ3) is 3.39. The number of nitrogens with one attached hydrogen (secondary N) is 2. The number of hydrogen-bond donors (Lipinski definition) is 2. The van der Waals surface area contributed by atoms with E-state index in [1.54, 1.807) is 4.90 Å². The summed E-state index contributed by atoms with van der Waals surface area (Å²) in [6, 6.07) is 15.1. The minimum Gasteiger partial charge on any atom is -0.339 e. The molecule has 1 fully saturated rings. The number of hydrogen-bond acceptors (Lipinski definition) is 5. The molecule has 1 saturated heterocycles. The van der Waals surface area contributed by atoms with E-state index in [0.717, 1.165) is 47.0 Å². The molecule has 3 amide bonds. The molecule has 3 aliphatic rings. The van der Waals surface area contributed by atoms with Crippen molar-refractivity contribution in [1.29, 1.82) is 0 Å². The van der Waals surface area contributed by atoms with Gasteiger partial charge in [-0.1, -0.05) is 30.3 Å². The number of benzene rings is 2. The zero-order valence-corrected chi connectivity index (χ0v) is 18.5. The standard InChI is InChI=1S/C26H23N5O3/c32-22-12-11-20(25(33)29-22)31-15-17-14-16(9-10-19(17)26(31)34)23-24(27-18-6-2-1-3-7-18)30-13-5-4-8-21(30)28-23/h1-3,5-7,9-10,13-14,20,27H,4,8,11-12,15H2,(H,29,32,33). The minimum atomic E-state index is -0.624. The van der Waals surface area contributed by atoms with Crippen molar-refractivity contribution < 1.29 is 14.4 Å². The Bertz CT molecular complexity index is 1360. The van der Waals surface area contributed by atoms with Gasteiger partial charge in [-0.3, -0.25) is 24.3 Å². The molecule has 8 nitrogen and oxygen atoms in total. The van der Waals surface area contributed by atoms with Gasteiger partial charge in [0.1, 0.15) is 23.4 Å². The maximum atomic E-state index is 13.1. The SMILES string of the molecule is O=C1CCC(N2Cc3cc(-c4nc5n(c4Nc4ccccc4)C=CCC5)ccc3C2=O)C(=O)N1. The van der Waals surface area contributed by atoms with Gasteiger partial charge in [0.25, 0.3) is 5.91 Å². The first kappa shape index (κ1) is 20.4. The van der Waals surface area contributed by atoms with Crippen LogP contribution in [0.1, 0.15) is 41.0 Å². The van der Waals surface area contributed by atoms with E-state index in [4.69, 9.17) is 4.98 Å². The van der Waals surface area contributed by atoms with Crippen LogP contribution in [0, 0.1) is 0 Å². The number of imide groups is 1. The Balaban J connectivity index is 1.36. The van der Waals surface area contributed by atoms with Crippen LogP contribution in [-0.4, -0.2) is 38.2 Å². The van der Waals surface area contributed by atoms with Crippen LogP contribution < -0.4 is 10.6 Å². The predicted octanol–water partition coefficient (Wildman–Crippen LogP) is 3.47. The van der Waals surface area contributed by atoms with Crippen molar-refractivity contribution in [1.82, 2.24) is 19.8 Å². The van der Waals surface area contributed by atoms with E-state index in [-0.39, 0.29) is 18.2 Å². The van der Waals surface area contributed by atoms with Gasteiger partial charge in [0.2, 0.25) is 11.8 Å². The number of allylic oxidation sites excluding steroid dienone is 1. The number of para-hydroxylation sites is 1. The molecule has 0 bridgehead atoms. The van der Waals surface area contributed by atoms with Gasteiger partial charge in [0.15, 0.2) is 0 Å². The predicted molar refractivity (Wildman–Crippen MR) is 127 cm³/mol. The lowest BCUT2D eigenvalue weighted by Crippen LogP contribution is -2.52. The van der Waals surface area contributed by atoms with Crippen LogP contribution in [-0.2, 0) is 22.6 Å². The molecule has 1 atom stereocenters. The number of aryl methyl sites for hydroxylation is 1. The number of carbonyl (C=O) groups is 3. The molecule has 4 heterocycles. The van der Waals surface area contributed by atoms with Crippen LogP contribution in [0.15, 0.2) is 54.6 Å². The smallest absolute Gasteiger partial charge is 0.255 e. The summed E-state index contributed by atoms with van der Waals surface area (Å²) in [6.07, 6.45) is 6.57. The average Bonchev–Trinajstić information content (AvgIpc) is 3.37. The Hall–Kier alpha value is -4.20. The number of anilines is 2. The number of nitrogens with zero attached hydrogens (tertiary/aromatic N) is 3. The molecule has 8 heteroatoms. The minimum absolute atomic E-state index is 0.175. The van der Waals surface area contributed by atoms with E-state index in [1.807, 2.05) is 54.7 Å². The lowest BCUT2D eigenvalue weighted by Gasteiger charge is -2.29. The van der Waals surface area contributed by atoms with Gasteiger partial charge in [-0.05, 0) is 42.7 Å². The Kier molecular flexibility index (Phi) is 4.79. The van der Waals surface area contributed by atoms with Crippen molar-refractivity contribution in [2.24, 2.45) is 0 Å². The average molecular weight is 454 g/mol. The quantitative estimate of drug-likeness (QED) is 0.590. The van der Waals surface area contributed by atoms with Gasteiger partial charge >= 0.3 is 0 Å². The Morgan fingerprint density at radius 3 is 2.71 bits per heavy atom. The fourth-order valence-corrected chi connectivity index (χ4v) is 4.91. The van der Waals surface area contributed by atoms with Crippen LogP contribution >= 0.6 is 0 Å². The van der Waals surface area contributed by atoms with Crippen LogP contribution in [0.3, 0.4) is 0 Å². The first-order chi connectivity index (χ1) is 16.6. The first-order valence-electron chi connectivity index (χ1n) is 11.5. The van der Waals surface area contributed by atoms with Gasteiger partial charge in [-0.2, -0.15) is 0 Å². The van der Waals surface area contributed by atoms with E-state index in [1.165, 1.54) is 0 Å². The highest BCUT2D eigenvalue weighted by Gasteiger charge is 2.39. The number of fused-ring (bicyclic) bond motifs is 2. The lowest BCUT2D eigenvalue weighted by atomic mass is 10.0. The second-order valence-electron chi connectivity index (χ2n) is 8.78. The molecule has 0 radical (unpaired) electrons. The largest absolute Gasteiger partial charge is 0.339 e. The molecular weight excluding hydrogens is 430 g/mol. The molecule has 0 spiro atoms. The normalized spacial score (nSPS) is 19.1. The highest BCUT2D eigenvalue weighted by atomic mass is 16.2. The van der Waals surface area contributed by atoms with Crippen LogP contribution in [0.2, 0.25) is 0 Å². The van der Waals surface area contributed by atoms with Crippen LogP contribution in [0.25, 0.3) is 17.5 Å². The number of rotatable bonds is 4. The van der Waals surface area contributed by atoms with Gasteiger partial charge in [-0.25, -0.2) is 4.98 Å². The molecular formula is C26H23N5O3. The molecule has 1 unspecified atom stereocenters. The molecule has 0 saturated carbocycles. The van der Waals surface area contributed by atoms with E-state index < -0.39 is 11.9 Å². The molecule has 34 heavy (non-hydrogen) atoms. The number of piperidine rings is 1. The molecule has 3 aliphatic heterocycles. The van der Waals surface area contributed by atoms with Crippen molar-refractivity contribution >= 4 is 35.4 Å². The van der Waals surface area contributed by atoms with Crippen LogP contribution in [0.4, 0.5) is 11.5 Å². The number of amides is 3. The molecule has 2 aromatic carbocycles. The van der Waals surface area contributed by atoms with E-state index in [0.29, 0.717) is 18.5 Å². The summed E-state index contributed by atoms with van der Waals surface area (Å²) in [6.45, 7) is 0.337. The maximum absolute atomic E-state index is 13.1. The molecule has 2 N–H and O–H groups in total. The number of carbonyl (C=O) groups excluding carboxylic acids is 3. The van der Waals surface area contributed by atoms with Crippen molar-refractivity contribution in [3.8, 4) is 11.3 Å². The van der Waals surface area contributed by atoms with Gasteiger partial charge in [0, 0.05) is 42.4 Å². The monoisotopic (exact) mass is 453 g/mol. The second kappa shape index (κ2) is 7.98. The summed E-state index contributed by atoms with van der Waals surface area (Å²) in [7, 11) is 0. The third-order valence-corrected chi connectivity index (χ3v) is 6.61. The fourth-order valence-electron chi connectivity index (χ4n) is 4.91. The van der Waals surface area contributed by atoms with E-state index in [9.17, 15) is 14.4 Å². The van der Waals surface area contributed by atoms with Crippen molar-refractivity contribution in [3.63, 3.8) is 0 Å². The highest BCUT2D eigenvalue weighted by Crippen LogP contribution is 2.36. The summed E-state index contributed by atoms with van der Waals surface area (Å²) in [5, 5.41) is 5.86.